The molecule has 0 amide bonds. The lowest BCUT2D eigenvalue weighted by Gasteiger charge is -2.10. The van der Waals surface area contributed by atoms with Crippen molar-refractivity contribution in [2.45, 2.75) is 6.04 Å². The molecule has 0 heterocycles. The first-order valence-electron chi connectivity index (χ1n) is 4.03. The number of ether oxygens (including phenoxy) is 1. The lowest BCUT2D eigenvalue weighted by molar-refractivity contribution is -0.142. The first-order chi connectivity index (χ1) is 6.70. The number of rotatable bonds is 2. The van der Waals surface area contributed by atoms with E-state index < -0.39 is 12.0 Å². The molecule has 4 nitrogen and oxygen atoms in total. The molecule has 1 atom stereocenters. The Labute approximate surface area is 81.9 Å². The van der Waals surface area contributed by atoms with E-state index in [4.69, 9.17) is 11.0 Å². The number of carbonyl (C=O) groups is 1. The summed E-state index contributed by atoms with van der Waals surface area (Å²) < 4.78 is 4.49. The number of nitrogens with two attached hydrogens (primary N) is 1. The quantitative estimate of drug-likeness (QED) is 0.697. The summed E-state index contributed by atoms with van der Waals surface area (Å²) in [5.74, 6) is -0.548. The van der Waals surface area contributed by atoms with Crippen LogP contribution in [-0.4, -0.2) is 13.1 Å². The molecule has 2 N–H and O–H groups in total. The van der Waals surface area contributed by atoms with Crippen LogP contribution in [0.25, 0.3) is 0 Å². The zero-order valence-electron chi connectivity index (χ0n) is 7.73. The molecule has 1 rings (SSSR count). The fraction of sp³-hybridized carbons (Fsp3) is 0.200. The average Bonchev–Trinajstić information content (AvgIpc) is 2.26. The number of hydrogen-bond acceptors (Lipinski definition) is 4. The lowest BCUT2D eigenvalue weighted by atomic mass is 10.0. The Morgan fingerprint density at radius 3 is 2.79 bits per heavy atom. The molecule has 1 aromatic rings. The second-order valence-corrected chi connectivity index (χ2v) is 2.70. The number of benzene rings is 1. The van der Waals surface area contributed by atoms with Gasteiger partial charge >= 0.3 is 5.97 Å². The van der Waals surface area contributed by atoms with Crippen LogP contribution in [0.3, 0.4) is 0 Å². The maximum Gasteiger partial charge on any atom is 0.327 e. The number of nitriles is 1. The molecular weight excluding hydrogens is 180 g/mol. The van der Waals surface area contributed by atoms with Crippen LogP contribution in [0.4, 0.5) is 0 Å². The smallest absolute Gasteiger partial charge is 0.327 e. The molecule has 14 heavy (non-hydrogen) atoms. The van der Waals surface area contributed by atoms with E-state index in [1.807, 2.05) is 6.07 Å². The van der Waals surface area contributed by atoms with Gasteiger partial charge in [-0.3, -0.25) is 4.79 Å². The number of carbonyl (C=O) groups excluding carboxylic acids is 1. The largest absolute Gasteiger partial charge is 0.468 e. The summed E-state index contributed by atoms with van der Waals surface area (Å²) in [5, 5.41) is 8.76. The van der Waals surface area contributed by atoms with Gasteiger partial charge in [-0.2, -0.15) is 5.26 Å². The third-order valence-electron chi connectivity index (χ3n) is 1.87. The van der Waals surface area contributed by atoms with E-state index in [9.17, 15) is 4.79 Å². The van der Waals surface area contributed by atoms with E-state index in [1.54, 1.807) is 24.3 Å². The average molecular weight is 190 g/mol. The molecule has 0 aliphatic rings. The Hall–Kier alpha value is -1.86. The van der Waals surface area contributed by atoms with Crippen LogP contribution in [-0.2, 0) is 9.53 Å². The van der Waals surface area contributed by atoms with Crippen molar-refractivity contribution in [2.24, 2.45) is 5.73 Å². The molecule has 4 heteroatoms. The van der Waals surface area contributed by atoms with Crippen molar-refractivity contribution in [3.05, 3.63) is 35.4 Å². The Morgan fingerprint density at radius 2 is 2.21 bits per heavy atom. The zero-order chi connectivity index (χ0) is 10.6. The highest BCUT2D eigenvalue weighted by molar-refractivity contribution is 5.78. The van der Waals surface area contributed by atoms with Crippen molar-refractivity contribution < 1.29 is 9.53 Å². The highest BCUT2D eigenvalue weighted by atomic mass is 16.5. The topological polar surface area (TPSA) is 76.1 Å². The number of methoxy groups -OCH3 is 1. The second kappa shape index (κ2) is 4.40. The summed E-state index contributed by atoms with van der Waals surface area (Å²) in [5.41, 5.74) is 6.48. The minimum atomic E-state index is -0.893. The molecular formula is C10H10N2O2. The molecule has 0 aromatic heterocycles. The molecule has 0 aliphatic carbocycles. The van der Waals surface area contributed by atoms with Gasteiger partial charge in [0, 0.05) is 0 Å². The standard InChI is InChI=1S/C10H10N2O2/c1-14-10(13)9(12)8-5-3-2-4-7(8)6-11/h2-5,9H,12H2,1H3. The summed E-state index contributed by atoms with van der Waals surface area (Å²) in [6.45, 7) is 0. The van der Waals surface area contributed by atoms with Crippen molar-refractivity contribution >= 4 is 5.97 Å². The summed E-state index contributed by atoms with van der Waals surface area (Å²) in [6.07, 6.45) is 0. The van der Waals surface area contributed by atoms with Gasteiger partial charge in [0.1, 0.15) is 6.04 Å². The van der Waals surface area contributed by atoms with Gasteiger partial charge in [0.2, 0.25) is 0 Å². The molecule has 72 valence electrons. The predicted molar refractivity (Wildman–Crippen MR) is 50.1 cm³/mol. The highest BCUT2D eigenvalue weighted by Gasteiger charge is 2.18. The molecule has 0 fully saturated rings. The third kappa shape index (κ3) is 1.90. The predicted octanol–water partition coefficient (Wildman–Crippen LogP) is 0.731. The van der Waals surface area contributed by atoms with E-state index in [0.717, 1.165) is 0 Å². The van der Waals surface area contributed by atoms with Crippen molar-refractivity contribution in [3.63, 3.8) is 0 Å². The van der Waals surface area contributed by atoms with Crippen LogP contribution >= 0.6 is 0 Å². The van der Waals surface area contributed by atoms with Crippen LogP contribution in [0.15, 0.2) is 24.3 Å². The van der Waals surface area contributed by atoms with Crippen molar-refractivity contribution in [1.82, 2.24) is 0 Å². The molecule has 0 saturated heterocycles. The van der Waals surface area contributed by atoms with Gasteiger partial charge in [0.25, 0.3) is 0 Å². The highest BCUT2D eigenvalue weighted by Crippen LogP contribution is 2.15. The summed E-state index contributed by atoms with van der Waals surface area (Å²) in [6, 6.07) is 7.76. The van der Waals surface area contributed by atoms with Crippen LogP contribution in [0.2, 0.25) is 0 Å². The van der Waals surface area contributed by atoms with Gasteiger partial charge in [0.05, 0.1) is 18.7 Å². The Bertz CT molecular complexity index is 382. The van der Waals surface area contributed by atoms with E-state index in [0.29, 0.717) is 11.1 Å². The van der Waals surface area contributed by atoms with E-state index >= 15 is 0 Å². The summed E-state index contributed by atoms with van der Waals surface area (Å²) in [4.78, 5) is 11.1. The molecule has 0 bridgehead atoms. The van der Waals surface area contributed by atoms with Crippen LogP contribution in [0.5, 0.6) is 0 Å². The van der Waals surface area contributed by atoms with Gasteiger partial charge in [-0.1, -0.05) is 18.2 Å². The first kappa shape index (κ1) is 10.2. The first-order valence-corrected chi connectivity index (χ1v) is 4.03. The third-order valence-corrected chi connectivity index (χ3v) is 1.87. The molecule has 0 radical (unpaired) electrons. The monoisotopic (exact) mass is 190 g/mol. The molecule has 1 aromatic carbocycles. The van der Waals surface area contributed by atoms with Gasteiger partial charge in [0.15, 0.2) is 0 Å². The van der Waals surface area contributed by atoms with Crippen molar-refractivity contribution in [1.29, 1.82) is 5.26 Å². The number of esters is 1. The number of nitrogens with zero attached hydrogens (tertiary/aromatic N) is 1. The van der Waals surface area contributed by atoms with Crippen LogP contribution < -0.4 is 5.73 Å². The van der Waals surface area contributed by atoms with Crippen molar-refractivity contribution in [3.8, 4) is 6.07 Å². The van der Waals surface area contributed by atoms with E-state index in [-0.39, 0.29) is 0 Å². The Kier molecular flexibility index (Phi) is 3.21. The molecule has 0 aliphatic heterocycles. The second-order valence-electron chi connectivity index (χ2n) is 2.70. The van der Waals surface area contributed by atoms with Crippen LogP contribution in [0, 0.1) is 11.3 Å². The maximum atomic E-state index is 11.1. The Morgan fingerprint density at radius 1 is 1.57 bits per heavy atom. The van der Waals surface area contributed by atoms with E-state index in [2.05, 4.69) is 4.74 Å². The fourth-order valence-electron chi connectivity index (χ4n) is 1.12. The minimum absolute atomic E-state index is 0.394. The zero-order valence-corrected chi connectivity index (χ0v) is 7.73. The normalized spacial score (nSPS) is 11.5. The van der Waals surface area contributed by atoms with Gasteiger partial charge in [-0.15, -0.1) is 0 Å². The van der Waals surface area contributed by atoms with Crippen LogP contribution in [0.1, 0.15) is 17.2 Å². The maximum absolute atomic E-state index is 11.1. The van der Waals surface area contributed by atoms with Gasteiger partial charge in [-0.25, -0.2) is 0 Å². The van der Waals surface area contributed by atoms with Crippen molar-refractivity contribution in [2.75, 3.05) is 7.11 Å². The van der Waals surface area contributed by atoms with Gasteiger partial charge in [-0.05, 0) is 11.6 Å². The van der Waals surface area contributed by atoms with E-state index in [1.165, 1.54) is 7.11 Å². The molecule has 0 saturated carbocycles. The summed E-state index contributed by atoms with van der Waals surface area (Å²) in [7, 11) is 1.26. The SMILES string of the molecule is COC(=O)C(N)c1ccccc1C#N. The molecule has 1 unspecified atom stereocenters. The number of hydrogen-bond donors (Lipinski definition) is 1. The van der Waals surface area contributed by atoms with Gasteiger partial charge < -0.3 is 10.5 Å². The lowest BCUT2D eigenvalue weighted by Crippen LogP contribution is -2.23. The minimum Gasteiger partial charge on any atom is -0.468 e. The Balaban J connectivity index is 3.07. The molecule has 0 spiro atoms. The fourth-order valence-corrected chi connectivity index (χ4v) is 1.12. The summed E-state index contributed by atoms with van der Waals surface area (Å²) >= 11 is 0.